The molecule has 5 rings (SSSR count). The Bertz CT molecular complexity index is 915. The first kappa shape index (κ1) is 16.9. The third kappa shape index (κ3) is 2.59. The second kappa shape index (κ2) is 6.41. The molecule has 2 N–H and O–H groups in total. The molecule has 27 heavy (non-hydrogen) atoms. The van der Waals surface area contributed by atoms with Crippen LogP contribution in [0.2, 0.25) is 0 Å². The first-order valence-corrected chi connectivity index (χ1v) is 10.1. The number of fused-ring (bicyclic) bond motifs is 6. The number of aromatic amines is 1. The quantitative estimate of drug-likeness (QED) is 0.860. The van der Waals surface area contributed by atoms with E-state index in [4.69, 9.17) is 4.74 Å². The average molecular weight is 365 g/mol. The lowest BCUT2D eigenvalue weighted by molar-refractivity contribution is -0.120. The van der Waals surface area contributed by atoms with E-state index in [0.717, 1.165) is 31.5 Å². The van der Waals surface area contributed by atoms with E-state index in [2.05, 4.69) is 46.4 Å². The molecule has 4 heterocycles. The number of carbonyl (C=O) groups is 1. The minimum Gasteiger partial charge on any atom is -0.497 e. The van der Waals surface area contributed by atoms with Gasteiger partial charge in [0.15, 0.2) is 0 Å². The first-order valence-electron chi connectivity index (χ1n) is 10.1. The zero-order chi connectivity index (χ0) is 18.5. The van der Waals surface area contributed by atoms with E-state index in [1.807, 2.05) is 6.92 Å². The Morgan fingerprint density at radius 1 is 1.37 bits per heavy atom. The van der Waals surface area contributed by atoms with Gasteiger partial charge in [-0.25, -0.2) is 0 Å². The van der Waals surface area contributed by atoms with E-state index in [1.165, 1.54) is 22.2 Å². The number of H-pyrrole nitrogens is 1. The maximum Gasteiger partial charge on any atom is 0.250 e. The lowest BCUT2D eigenvalue weighted by atomic mass is 9.72. The molecule has 0 unspecified atom stereocenters. The van der Waals surface area contributed by atoms with Gasteiger partial charge in [-0.15, -0.1) is 0 Å². The van der Waals surface area contributed by atoms with Gasteiger partial charge in [0.2, 0.25) is 0 Å². The smallest absolute Gasteiger partial charge is 0.250 e. The number of carbonyl (C=O) groups excluding carboxylic acids is 1. The largest absolute Gasteiger partial charge is 0.497 e. The third-order valence-electron chi connectivity index (χ3n) is 6.72. The molecule has 142 valence electrons. The molecule has 2 aromatic rings. The molecule has 3 aliphatic rings. The summed E-state index contributed by atoms with van der Waals surface area (Å²) in [5, 5.41) is 4.32. The summed E-state index contributed by atoms with van der Waals surface area (Å²) < 4.78 is 5.87. The summed E-state index contributed by atoms with van der Waals surface area (Å²) in [4.78, 5) is 18.9. The van der Waals surface area contributed by atoms with Crippen LogP contribution in [0.5, 0.6) is 0 Å². The fraction of sp³-hybridized carbons (Fsp3) is 0.500. The van der Waals surface area contributed by atoms with Crippen molar-refractivity contribution in [2.75, 3.05) is 19.6 Å². The number of aromatic nitrogens is 1. The third-order valence-corrected chi connectivity index (χ3v) is 6.72. The Morgan fingerprint density at radius 2 is 2.22 bits per heavy atom. The molecule has 1 fully saturated rings. The number of rotatable bonds is 2. The molecule has 1 saturated heterocycles. The molecule has 5 heteroatoms. The van der Waals surface area contributed by atoms with Crippen LogP contribution in [0.4, 0.5) is 0 Å². The van der Waals surface area contributed by atoms with Gasteiger partial charge in [0.1, 0.15) is 0 Å². The fourth-order valence-corrected chi connectivity index (χ4v) is 5.35. The van der Waals surface area contributed by atoms with Crippen molar-refractivity contribution in [2.45, 2.75) is 38.8 Å². The van der Waals surface area contributed by atoms with Crippen LogP contribution >= 0.6 is 0 Å². The van der Waals surface area contributed by atoms with Crippen molar-refractivity contribution in [1.82, 2.24) is 15.2 Å². The van der Waals surface area contributed by atoms with Gasteiger partial charge in [0.05, 0.1) is 24.0 Å². The highest BCUT2D eigenvalue weighted by Crippen LogP contribution is 2.47. The minimum absolute atomic E-state index is 0.0283. The highest BCUT2D eigenvalue weighted by Gasteiger charge is 2.46. The summed E-state index contributed by atoms with van der Waals surface area (Å²) in [6.07, 6.45) is 3.93. The lowest BCUT2D eigenvalue weighted by Crippen LogP contribution is -2.52. The van der Waals surface area contributed by atoms with Gasteiger partial charge < -0.3 is 15.0 Å². The molecule has 3 aliphatic heterocycles. The Labute approximate surface area is 159 Å². The number of ether oxygens (including phenoxy) is 1. The Hall–Kier alpha value is -2.27. The number of para-hydroxylation sites is 1. The second-order valence-electron chi connectivity index (χ2n) is 8.10. The molecule has 1 aromatic carbocycles. The molecule has 0 spiro atoms. The SMILES string of the molecule is CCNC(=O)C1=CO[C@@H](C)[C@H]2CN3CCc4c([nH]c5ccccc45)[C@@H]3C[C@H]12. The predicted octanol–water partition coefficient (Wildman–Crippen LogP) is 3.14. The van der Waals surface area contributed by atoms with Crippen LogP contribution in [-0.2, 0) is 16.0 Å². The summed E-state index contributed by atoms with van der Waals surface area (Å²) in [6, 6.07) is 8.96. The van der Waals surface area contributed by atoms with Crippen LogP contribution in [0, 0.1) is 11.8 Å². The van der Waals surface area contributed by atoms with E-state index >= 15 is 0 Å². The van der Waals surface area contributed by atoms with Gasteiger partial charge in [-0.3, -0.25) is 9.69 Å². The van der Waals surface area contributed by atoms with Crippen LogP contribution in [0.15, 0.2) is 36.1 Å². The van der Waals surface area contributed by atoms with E-state index in [1.54, 1.807) is 6.26 Å². The number of benzene rings is 1. The standard InChI is InChI=1S/C22H27N3O2/c1-3-23-22(26)18-12-27-13(2)17-11-25-9-8-15-14-6-4-5-7-19(14)24-21(15)20(25)10-16(17)18/h4-7,12-13,16-17,20,24H,3,8-11H2,1-2H3,(H,23,26)/t13-,16-,17+,20-/m0/s1. The topological polar surface area (TPSA) is 57.4 Å². The number of hydrogen-bond acceptors (Lipinski definition) is 3. The highest BCUT2D eigenvalue weighted by atomic mass is 16.5. The van der Waals surface area contributed by atoms with E-state index in [9.17, 15) is 4.79 Å². The maximum atomic E-state index is 12.6. The minimum atomic E-state index is 0.0283. The van der Waals surface area contributed by atoms with Gasteiger partial charge in [0, 0.05) is 48.1 Å². The van der Waals surface area contributed by atoms with Gasteiger partial charge in [-0.1, -0.05) is 18.2 Å². The van der Waals surface area contributed by atoms with E-state index in [0.29, 0.717) is 18.5 Å². The molecule has 0 saturated carbocycles. The summed E-state index contributed by atoms with van der Waals surface area (Å²) in [5.41, 5.74) is 4.87. The molecular formula is C22H27N3O2. The van der Waals surface area contributed by atoms with Crippen LogP contribution in [0.3, 0.4) is 0 Å². The summed E-state index contributed by atoms with van der Waals surface area (Å²) >= 11 is 0. The molecule has 0 radical (unpaired) electrons. The monoisotopic (exact) mass is 365 g/mol. The van der Waals surface area contributed by atoms with Crippen LogP contribution in [0.25, 0.3) is 10.9 Å². The molecule has 1 aromatic heterocycles. The zero-order valence-electron chi connectivity index (χ0n) is 16.0. The van der Waals surface area contributed by atoms with Crippen molar-refractivity contribution in [3.05, 3.63) is 47.4 Å². The summed E-state index contributed by atoms with van der Waals surface area (Å²) in [5.74, 6) is 0.647. The van der Waals surface area contributed by atoms with Crippen molar-refractivity contribution >= 4 is 16.8 Å². The summed E-state index contributed by atoms with van der Waals surface area (Å²) in [7, 11) is 0. The van der Waals surface area contributed by atoms with Crippen LogP contribution in [0.1, 0.15) is 37.6 Å². The van der Waals surface area contributed by atoms with Crippen LogP contribution in [-0.4, -0.2) is 41.5 Å². The zero-order valence-corrected chi connectivity index (χ0v) is 16.0. The Balaban J connectivity index is 1.52. The molecule has 0 bridgehead atoms. The lowest BCUT2D eigenvalue weighted by Gasteiger charge is -2.49. The van der Waals surface area contributed by atoms with Crippen molar-refractivity contribution in [3.8, 4) is 0 Å². The number of nitrogens with one attached hydrogen (secondary N) is 2. The molecule has 1 amide bonds. The normalized spacial score (nSPS) is 29.9. The first-order chi connectivity index (χ1) is 13.2. The number of nitrogens with zero attached hydrogens (tertiary/aromatic N) is 1. The second-order valence-corrected chi connectivity index (χ2v) is 8.10. The summed E-state index contributed by atoms with van der Waals surface area (Å²) in [6.45, 7) is 6.81. The maximum absolute atomic E-state index is 12.6. The molecule has 5 nitrogen and oxygen atoms in total. The Kier molecular flexibility index (Phi) is 4.01. The highest BCUT2D eigenvalue weighted by molar-refractivity contribution is 5.94. The molecule has 0 aliphatic carbocycles. The van der Waals surface area contributed by atoms with Crippen molar-refractivity contribution in [2.24, 2.45) is 11.8 Å². The number of piperidine rings is 1. The number of likely N-dealkylation sites (N-methyl/N-ethyl adjacent to an activating group) is 1. The fourth-order valence-electron chi connectivity index (χ4n) is 5.35. The van der Waals surface area contributed by atoms with Gasteiger partial charge in [0.25, 0.3) is 5.91 Å². The predicted molar refractivity (Wildman–Crippen MR) is 105 cm³/mol. The van der Waals surface area contributed by atoms with Gasteiger partial charge in [-0.05, 0) is 38.3 Å². The van der Waals surface area contributed by atoms with E-state index in [-0.39, 0.29) is 17.9 Å². The molecule has 4 atom stereocenters. The number of hydrogen-bond donors (Lipinski definition) is 2. The van der Waals surface area contributed by atoms with E-state index < -0.39 is 0 Å². The molecular weight excluding hydrogens is 338 g/mol. The Morgan fingerprint density at radius 3 is 3.07 bits per heavy atom. The average Bonchev–Trinajstić information content (AvgIpc) is 3.06. The van der Waals surface area contributed by atoms with Crippen molar-refractivity contribution in [1.29, 1.82) is 0 Å². The van der Waals surface area contributed by atoms with Crippen molar-refractivity contribution in [3.63, 3.8) is 0 Å². The van der Waals surface area contributed by atoms with Crippen molar-refractivity contribution < 1.29 is 9.53 Å². The number of amides is 1. The van der Waals surface area contributed by atoms with Gasteiger partial charge >= 0.3 is 0 Å². The van der Waals surface area contributed by atoms with Gasteiger partial charge in [-0.2, -0.15) is 0 Å². The van der Waals surface area contributed by atoms with Crippen LogP contribution < -0.4 is 5.32 Å².